The van der Waals surface area contributed by atoms with Crippen LogP contribution in [0.3, 0.4) is 0 Å². The van der Waals surface area contributed by atoms with Gasteiger partial charge in [-0.2, -0.15) is 0 Å². The zero-order valence-electron chi connectivity index (χ0n) is 13.6. The van der Waals surface area contributed by atoms with E-state index in [4.69, 9.17) is 0 Å². The SMILES string of the molecule is CC(C)(C)C(=O)N1CCC(NC(=O)CN2CCSC2=O)CC1. The molecule has 124 valence electrons. The largest absolute Gasteiger partial charge is 0.352 e. The molecular weight excluding hydrogens is 302 g/mol. The van der Waals surface area contributed by atoms with E-state index in [0.717, 1.165) is 18.6 Å². The predicted molar refractivity (Wildman–Crippen MR) is 86.6 cm³/mol. The Hall–Kier alpha value is -1.24. The molecule has 0 aromatic heterocycles. The smallest absolute Gasteiger partial charge is 0.282 e. The van der Waals surface area contributed by atoms with Gasteiger partial charge in [-0.1, -0.05) is 32.5 Å². The van der Waals surface area contributed by atoms with Crippen LogP contribution < -0.4 is 5.32 Å². The molecule has 3 amide bonds. The van der Waals surface area contributed by atoms with E-state index < -0.39 is 0 Å². The van der Waals surface area contributed by atoms with Crippen molar-refractivity contribution in [3.05, 3.63) is 0 Å². The molecule has 0 radical (unpaired) electrons. The molecule has 0 saturated carbocycles. The van der Waals surface area contributed by atoms with Crippen LogP contribution in [0, 0.1) is 5.41 Å². The molecule has 0 aromatic carbocycles. The number of piperidine rings is 1. The third kappa shape index (κ3) is 4.38. The van der Waals surface area contributed by atoms with Gasteiger partial charge in [-0.15, -0.1) is 0 Å². The summed E-state index contributed by atoms with van der Waals surface area (Å²) in [5.74, 6) is 0.827. The van der Waals surface area contributed by atoms with E-state index in [1.165, 1.54) is 11.8 Å². The van der Waals surface area contributed by atoms with Crippen molar-refractivity contribution in [1.29, 1.82) is 0 Å². The average molecular weight is 327 g/mol. The Morgan fingerprint density at radius 3 is 2.36 bits per heavy atom. The predicted octanol–water partition coefficient (Wildman–Crippen LogP) is 1.31. The van der Waals surface area contributed by atoms with Crippen molar-refractivity contribution >= 4 is 28.8 Å². The molecule has 6 nitrogen and oxygen atoms in total. The van der Waals surface area contributed by atoms with Crippen LogP contribution in [-0.2, 0) is 9.59 Å². The van der Waals surface area contributed by atoms with Gasteiger partial charge < -0.3 is 15.1 Å². The summed E-state index contributed by atoms with van der Waals surface area (Å²) in [6, 6.07) is 0.0990. The van der Waals surface area contributed by atoms with Crippen LogP contribution in [-0.4, -0.2) is 64.8 Å². The van der Waals surface area contributed by atoms with Crippen molar-refractivity contribution in [2.45, 2.75) is 39.7 Å². The summed E-state index contributed by atoms with van der Waals surface area (Å²) in [7, 11) is 0. The number of amides is 3. The Balaban J connectivity index is 1.74. The van der Waals surface area contributed by atoms with Gasteiger partial charge in [-0.3, -0.25) is 14.4 Å². The van der Waals surface area contributed by atoms with Crippen LogP contribution in [0.2, 0.25) is 0 Å². The standard InChI is InChI=1S/C15H25N3O3S/c1-15(2,3)13(20)17-6-4-11(5-7-17)16-12(19)10-18-8-9-22-14(18)21/h11H,4-10H2,1-3H3,(H,16,19). The summed E-state index contributed by atoms with van der Waals surface area (Å²) in [5, 5.41) is 2.97. The molecule has 0 bridgehead atoms. The second-order valence-corrected chi connectivity index (χ2v) is 7.97. The van der Waals surface area contributed by atoms with E-state index in [0.29, 0.717) is 19.6 Å². The van der Waals surface area contributed by atoms with Crippen LogP contribution in [0.15, 0.2) is 0 Å². The molecule has 0 aliphatic carbocycles. The van der Waals surface area contributed by atoms with Crippen molar-refractivity contribution in [2.75, 3.05) is 31.9 Å². The summed E-state index contributed by atoms with van der Waals surface area (Å²) >= 11 is 1.26. The van der Waals surface area contributed by atoms with Gasteiger partial charge >= 0.3 is 0 Å². The number of nitrogens with zero attached hydrogens (tertiary/aromatic N) is 2. The van der Waals surface area contributed by atoms with Crippen molar-refractivity contribution < 1.29 is 14.4 Å². The average Bonchev–Trinajstić information content (AvgIpc) is 2.83. The molecule has 2 rings (SSSR count). The van der Waals surface area contributed by atoms with Crippen molar-refractivity contribution in [2.24, 2.45) is 5.41 Å². The van der Waals surface area contributed by atoms with E-state index in [9.17, 15) is 14.4 Å². The molecule has 2 aliphatic rings. The van der Waals surface area contributed by atoms with E-state index in [-0.39, 0.29) is 35.1 Å². The summed E-state index contributed by atoms with van der Waals surface area (Å²) in [6.45, 7) is 7.93. The number of thioether (sulfide) groups is 1. The molecule has 2 saturated heterocycles. The van der Waals surface area contributed by atoms with Crippen LogP contribution in [0.1, 0.15) is 33.6 Å². The number of carbonyl (C=O) groups excluding carboxylic acids is 3. The molecular formula is C15H25N3O3S. The van der Waals surface area contributed by atoms with Gasteiger partial charge in [0.25, 0.3) is 5.24 Å². The Morgan fingerprint density at radius 2 is 1.86 bits per heavy atom. The first-order valence-electron chi connectivity index (χ1n) is 7.78. The number of rotatable bonds is 3. The fraction of sp³-hybridized carbons (Fsp3) is 0.800. The van der Waals surface area contributed by atoms with Crippen LogP contribution in [0.25, 0.3) is 0 Å². The fourth-order valence-electron chi connectivity index (χ4n) is 2.72. The number of hydrogen-bond donors (Lipinski definition) is 1. The third-order valence-electron chi connectivity index (χ3n) is 3.97. The van der Waals surface area contributed by atoms with Crippen LogP contribution in [0.4, 0.5) is 4.79 Å². The van der Waals surface area contributed by atoms with Crippen molar-refractivity contribution in [3.8, 4) is 0 Å². The maximum absolute atomic E-state index is 12.2. The van der Waals surface area contributed by atoms with Gasteiger partial charge in [0, 0.05) is 36.8 Å². The summed E-state index contributed by atoms with van der Waals surface area (Å²) in [6.07, 6.45) is 1.55. The van der Waals surface area contributed by atoms with Crippen molar-refractivity contribution in [1.82, 2.24) is 15.1 Å². The topological polar surface area (TPSA) is 69.7 Å². The van der Waals surface area contributed by atoms with Gasteiger partial charge in [0.1, 0.15) is 6.54 Å². The maximum Gasteiger partial charge on any atom is 0.282 e. The second kappa shape index (κ2) is 6.89. The molecule has 2 fully saturated rings. The highest BCUT2D eigenvalue weighted by atomic mass is 32.2. The molecule has 0 spiro atoms. The van der Waals surface area contributed by atoms with Crippen molar-refractivity contribution in [3.63, 3.8) is 0 Å². The summed E-state index contributed by atoms with van der Waals surface area (Å²) < 4.78 is 0. The highest BCUT2D eigenvalue weighted by molar-refractivity contribution is 8.13. The van der Waals surface area contributed by atoms with Crippen LogP contribution in [0.5, 0.6) is 0 Å². The monoisotopic (exact) mass is 327 g/mol. The summed E-state index contributed by atoms with van der Waals surface area (Å²) in [4.78, 5) is 39.1. The first kappa shape index (κ1) is 17.1. The van der Waals surface area contributed by atoms with Gasteiger partial charge in [0.05, 0.1) is 0 Å². The van der Waals surface area contributed by atoms with E-state index in [1.54, 1.807) is 4.90 Å². The Bertz CT molecular complexity index is 453. The number of carbonyl (C=O) groups is 3. The minimum Gasteiger partial charge on any atom is -0.352 e. The zero-order valence-corrected chi connectivity index (χ0v) is 14.4. The molecule has 2 heterocycles. The lowest BCUT2D eigenvalue weighted by Crippen LogP contribution is -2.50. The highest BCUT2D eigenvalue weighted by Crippen LogP contribution is 2.21. The third-order valence-corrected chi connectivity index (χ3v) is 4.86. The van der Waals surface area contributed by atoms with E-state index in [2.05, 4.69) is 5.32 Å². The maximum atomic E-state index is 12.2. The van der Waals surface area contributed by atoms with Gasteiger partial charge in [0.15, 0.2) is 0 Å². The minimum absolute atomic E-state index is 0.0132. The molecule has 22 heavy (non-hydrogen) atoms. The molecule has 0 aromatic rings. The van der Waals surface area contributed by atoms with Gasteiger partial charge in [-0.25, -0.2) is 0 Å². The number of likely N-dealkylation sites (tertiary alicyclic amines) is 1. The quantitative estimate of drug-likeness (QED) is 0.848. The van der Waals surface area contributed by atoms with E-state index >= 15 is 0 Å². The van der Waals surface area contributed by atoms with Gasteiger partial charge in [0.2, 0.25) is 11.8 Å². The Morgan fingerprint density at radius 1 is 1.23 bits per heavy atom. The highest BCUT2D eigenvalue weighted by Gasteiger charge is 2.31. The Labute approximate surface area is 136 Å². The van der Waals surface area contributed by atoms with Gasteiger partial charge in [-0.05, 0) is 12.8 Å². The number of nitrogens with one attached hydrogen (secondary N) is 1. The Kier molecular flexibility index (Phi) is 5.36. The molecule has 7 heteroatoms. The molecule has 0 unspecified atom stereocenters. The zero-order chi connectivity index (χ0) is 16.3. The first-order valence-corrected chi connectivity index (χ1v) is 8.76. The fourth-order valence-corrected chi connectivity index (χ4v) is 3.54. The number of hydrogen-bond acceptors (Lipinski definition) is 4. The molecule has 0 atom stereocenters. The second-order valence-electron chi connectivity index (χ2n) is 6.92. The first-order chi connectivity index (χ1) is 10.3. The van der Waals surface area contributed by atoms with E-state index in [1.807, 2.05) is 25.7 Å². The molecule has 1 N–H and O–H groups in total. The normalized spacial score (nSPS) is 20.4. The lowest BCUT2D eigenvalue weighted by Gasteiger charge is -2.36. The summed E-state index contributed by atoms with van der Waals surface area (Å²) in [5.41, 5.74) is -0.357. The minimum atomic E-state index is -0.357. The van der Waals surface area contributed by atoms with Crippen LogP contribution >= 0.6 is 11.8 Å². The lowest BCUT2D eigenvalue weighted by atomic mass is 9.93. The molecule has 2 aliphatic heterocycles. The lowest BCUT2D eigenvalue weighted by molar-refractivity contribution is -0.140.